The first-order valence-electron chi connectivity index (χ1n) is 7.11. The molecule has 0 fully saturated rings. The Labute approximate surface area is 119 Å². The molecular formula is C16H19N3O. The molecular weight excluding hydrogens is 250 g/mol. The lowest BCUT2D eigenvalue weighted by molar-refractivity contribution is -0.130. The van der Waals surface area contributed by atoms with E-state index in [1.807, 2.05) is 29.6 Å². The van der Waals surface area contributed by atoms with Gasteiger partial charge in [0.2, 0.25) is 5.91 Å². The standard InChI is InChI=1S/C16H19N3O/c1-2-18-12-17-10-15(18)11-19-8-7-13-5-3-4-6-14(13)9-16(19)20/h3-6,10,12H,2,7-9,11H2,1H3. The monoisotopic (exact) mass is 269 g/mol. The minimum Gasteiger partial charge on any atom is -0.336 e. The number of fused-ring (bicyclic) bond motifs is 1. The van der Waals surface area contributed by atoms with Crippen LogP contribution in [-0.2, 0) is 30.7 Å². The fourth-order valence-electron chi connectivity index (χ4n) is 2.76. The van der Waals surface area contributed by atoms with Crippen LogP contribution >= 0.6 is 0 Å². The SMILES string of the molecule is CCn1cncc1CN1CCc2ccccc2CC1=O. The molecule has 0 radical (unpaired) electrons. The van der Waals surface area contributed by atoms with Crippen LogP contribution in [0.4, 0.5) is 0 Å². The number of imidazole rings is 1. The fourth-order valence-corrected chi connectivity index (χ4v) is 2.76. The zero-order valence-electron chi connectivity index (χ0n) is 11.7. The van der Waals surface area contributed by atoms with Crippen molar-refractivity contribution in [3.8, 4) is 0 Å². The lowest BCUT2D eigenvalue weighted by atomic mass is 10.0. The molecule has 4 nitrogen and oxygen atoms in total. The summed E-state index contributed by atoms with van der Waals surface area (Å²) in [5.41, 5.74) is 3.57. The Bertz CT molecular complexity index is 618. The van der Waals surface area contributed by atoms with Gasteiger partial charge in [0.05, 0.1) is 25.0 Å². The molecule has 104 valence electrons. The van der Waals surface area contributed by atoms with Crippen molar-refractivity contribution in [1.29, 1.82) is 0 Å². The molecule has 3 rings (SSSR count). The number of benzene rings is 1. The van der Waals surface area contributed by atoms with E-state index in [4.69, 9.17) is 0 Å². The molecule has 0 saturated carbocycles. The lowest BCUT2D eigenvalue weighted by Gasteiger charge is -2.20. The molecule has 0 saturated heterocycles. The van der Waals surface area contributed by atoms with Gasteiger partial charge in [0.25, 0.3) is 0 Å². The Morgan fingerprint density at radius 1 is 1.25 bits per heavy atom. The molecule has 1 amide bonds. The Morgan fingerprint density at radius 2 is 2.05 bits per heavy atom. The van der Waals surface area contributed by atoms with Crippen LogP contribution in [0.2, 0.25) is 0 Å². The highest BCUT2D eigenvalue weighted by atomic mass is 16.2. The van der Waals surface area contributed by atoms with E-state index >= 15 is 0 Å². The lowest BCUT2D eigenvalue weighted by Crippen LogP contribution is -2.32. The number of amides is 1. The summed E-state index contributed by atoms with van der Waals surface area (Å²) >= 11 is 0. The van der Waals surface area contributed by atoms with E-state index in [-0.39, 0.29) is 5.91 Å². The highest BCUT2D eigenvalue weighted by Gasteiger charge is 2.21. The van der Waals surface area contributed by atoms with E-state index in [1.54, 1.807) is 0 Å². The third kappa shape index (κ3) is 2.46. The van der Waals surface area contributed by atoms with Gasteiger partial charge in [-0.1, -0.05) is 24.3 Å². The second-order valence-electron chi connectivity index (χ2n) is 5.18. The molecule has 1 aromatic carbocycles. The van der Waals surface area contributed by atoms with E-state index in [2.05, 4.69) is 28.6 Å². The van der Waals surface area contributed by atoms with E-state index in [9.17, 15) is 4.79 Å². The predicted octanol–water partition coefficient (Wildman–Crippen LogP) is 2.03. The smallest absolute Gasteiger partial charge is 0.227 e. The number of hydrogen-bond donors (Lipinski definition) is 0. The Balaban J connectivity index is 1.78. The first kappa shape index (κ1) is 12.9. The fraction of sp³-hybridized carbons (Fsp3) is 0.375. The number of nitrogens with zero attached hydrogens (tertiary/aromatic N) is 3. The molecule has 0 unspecified atom stereocenters. The van der Waals surface area contributed by atoms with Gasteiger partial charge in [-0.25, -0.2) is 4.98 Å². The van der Waals surface area contributed by atoms with Crippen LogP contribution in [0.25, 0.3) is 0 Å². The highest BCUT2D eigenvalue weighted by Crippen LogP contribution is 2.18. The summed E-state index contributed by atoms with van der Waals surface area (Å²) in [6, 6.07) is 8.24. The zero-order chi connectivity index (χ0) is 13.9. The van der Waals surface area contributed by atoms with Gasteiger partial charge in [0, 0.05) is 19.3 Å². The van der Waals surface area contributed by atoms with E-state index in [0.717, 1.165) is 25.2 Å². The van der Waals surface area contributed by atoms with Crippen molar-refractivity contribution in [2.75, 3.05) is 6.54 Å². The van der Waals surface area contributed by atoms with E-state index < -0.39 is 0 Å². The summed E-state index contributed by atoms with van der Waals surface area (Å²) in [6.07, 6.45) is 5.12. The van der Waals surface area contributed by atoms with Gasteiger partial charge in [0.1, 0.15) is 0 Å². The molecule has 0 atom stereocenters. The summed E-state index contributed by atoms with van der Waals surface area (Å²) in [4.78, 5) is 18.5. The quantitative estimate of drug-likeness (QED) is 0.855. The zero-order valence-corrected chi connectivity index (χ0v) is 11.7. The van der Waals surface area contributed by atoms with E-state index in [1.165, 1.54) is 11.1 Å². The van der Waals surface area contributed by atoms with Crippen molar-refractivity contribution >= 4 is 5.91 Å². The molecule has 0 N–H and O–H groups in total. The highest BCUT2D eigenvalue weighted by molar-refractivity contribution is 5.79. The maximum atomic E-state index is 12.4. The maximum absolute atomic E-state index is 12.4. The number of aryl methyl sites for hydroxylation is 1. The maximum Gasteiger partial charge on any atom is 0.227 e. The second-order valence-corrected chi connectivity index (χ2v) is 5.18. The largest absolute Gasteiger partial charge is 0.336 e. The van der Waals surface area contributed by atoms with Gasteiger partial charge in [-0.3, -0.25) is 4.79 Å². The van der Waals surface area contributed by atoms with Gasteiger partial charge in [0.15, 0.2) is 0 Å². The van der Waals surface area contributed by atoms with Crippen LogP contribution < -0.4 is 0 Å². The minimum absolute atomic E-state index is 0.207. The number of hydrogen-bond acceptors (Lipinski definition) is 2. The Kier molecular flexibility index (Phi) is 3.54. The normalized spacial score (nSPS) is 15.1. The number of carbonyl (C=O) groups is 1. The third-order valence-corrected chi connectivity index (χ3v) is 3.96. The molecule has 0 aliphatic carbocycles. The topological polar surface area (TPSA) is 38.1 Å². The van der Waals surface area contributed by atoms with Crippen LogP contribution in [0, 0.1) is 0 Å². The van der Waals surface area contributed by atoms with Crippen molar-refractivity contribution in [3.63, 3.8) is 0 Å². The molecule has 1 aliphatic heterocycles. The van der Waals surface area contributed by atoms with Crippen molar-refractivity contribution in [2.24, 2.45) is 0 Å². The van der Waals surface area contributed by atoms with Crippen LogP contribution in [0.3, 0.4) is 0 Å². The molecule has 4 heteroatoms. The average Bonchev–Trinajstić information content (AvgIpc) is 2.85. The molecule has 1 aliphatic rings. The Morgan fingerprint density at radius 3 is 2.85 bits per heavy atom. The Hall–Kier alpha value is -2.10. The minimum atomic E-state index is 0.207. The van der Waals surface area contributed by atoms with Gasteiger partial charge in [-0.2, -0.15) is 0 Å². The van der Waals surface area contributed by atoms with Gasteiger partial charge >= 0.3 is 0 Å². The third-order valence-electron chi connectivity index (χ3n) is 3.96. The van der Waals surface area contributed by atoms with Crippen molar-refractivity contribution in [2.45, 2.75) is 32.9 Å². The summed E-state index contributed by atoms with van der Waals surface area (Å²) in [7, 11) is 0. The van der Waals surface area contributed by atoms with Crippen molar-refractivity contribution < 1.29 is 4.79 Å². The number of rotatable bonds is 3. The summed E-state index contributed by atoms with van der Waals surface area (Å²) in [5.74, 6) is 0.207. The van der Waals surface area contributed by atoms with Crippen LogP contribution in [0.1, 0.15) is 23.7 Å². The molecule has 2 aromatic rings. The van der Waals surface area contributed by atoms with Crippen molar-refractivity contribution in [1.82, 2.24) is 14.5 Å². The van der Waals surface area contributed by atoms with E-state index in [0.29, 0.717) is 13.0 Å². The summed E-state index contributed by atoms with van der Waals surface area (Å²) in [6.45, 7) is 4.41. The molecule has 2 heterocycles. The number of carbonyl (C=O) groups excluding carboxylic acids is 1. The van der Waals surface area contributed by atoms with Crippen LogP contribution in [0.15, 0.2) is 36.8 Å². The number of aromatic nitrogens is 2. The molecule has 0 spiro atoms. The second kappa shape index (κ2) is 5.49. The van der Waals surface area contributed by atoms with Crippen LogP contribution in [0.5, 0.6) is 0 Å². The molecule has 1 aromatic heterocycles. The first-order chi connectivity index (χ1) is 9.78. The van der Waals surface area contributed by atoms with Crippen molar-refractivity contribution in [3.05, 3.63) is 53.6 Å². The molecule has 20 heavy (non-hydrogen) atoms. The summed E-state index contributed by atoms with van der Waals surface area (Å²) < 4.78 is 2.09. The van der Waals surface area contributed by atoms with Crippen LogP contribution in [-0.4, -0.2) is 26.9 Å². The van der Waals surface area contributed by atoms with Gasteiger partial charge in [-0.05, 0) is 24.5 Å². The average molecular weight is 269 g/mol. The van der Waals surface area contributed by atoms with Gasteiger partial charge in [-0.15, -0.1) is 0 Å². The van der Waals surface area contributed by atoms with Gasteiger partial charge < -0.3 is 9.47 Å². The predicted molar refractivity (Wildman–Crippen MR) is 77.2 cm³/mol. The summed E-state index contributed by atoms with van der Waals surface area (Å²) in [5, 5.41) is 0. The molecule has 0 bridgehead atoms. The first-order valence-corrected chi connectivity index (χ1v) is 7.11.